The number of amides is 2. The SMILES string of the molecule is CC(C)(C)/C(O)=C/C(N)=N\C(N)=O.[HH].[HH]. The topological polar surface area (TPSA) is 102 Å². The number of amidine groups is 1. The van der Waals surface area contributed by atoms with Crippen molar-refractivity contribution in [3.8, 4) is 0 Å². The van der Waals surface area contributed by atoms with E-state index in [9.17, 15) is 9.90 Å². The molecule has 0 atom stereocenters. The molecule has 0 aliphatic rings. The Hall–Kier alpha value is -1.52. The molecule has 0 rings (SSSR count). The van der Waals surface area contributed by atoms with Crippen LogP contribution in [0.5, 0.6) is 0 Å². The van der Waals surface area contributed by atoms with Crippen LogP contribution < -0.4 is 11.5 Å². The quantitative estimate of drug-likeness (QED) is 0.330. The van der Waals surface area contributed by atoms with Gasteiger partial charge in [-0.15, -0.1) is 0 Å². The third-order valence-electron chi connectivity index (χ3n) is 1.29. The second kappa shape index (κ2) is 3.93. The first-order valence-corrected chi connectivity index (χ1v) is 3.78. The number of nitrogens with zero attached hydrogens (tertiary/aromatic N) is 1. The van der Waals surface area contributed by atoms with E-state index in [0.717, 1.165) is 0 Å². The summed E-state index contributed by atoms with van der Waals surface area (Å²) in [5.41, 5.74) is 9.63. The van der Waals surface area contributed by atoms with Crippen LogP contribution in [0.1, 0.15) is 23.6 Å². The molecule has 2 amide bonds. The summed E-state index contributed by atoms with van der Waals surface area (Å²) in [6, 6.07) is -0.879. The minimum atomic E-state index is -0.879. The number of rotatable bonds is 1. The molecule has 0 spiro atoms. The lowest BCUT2D eigenvalue weighted by Crippen LogP contribution is -2.18. The molecule has 0 aliphatic heterocycles. The van der Waals surface area contributed by atoms with Gasteiger partial charge in [-0.2, -0.15) is 4.99 Å². The smallest absolute Gasteiger partial charge is 0.340 e. The lowest BCUT2D eigenvalue weighted by molar-refractivity contribution is 0.256. The second-order valence-corrected chi connectivity index (χ2v) is 3.65. The summed E-state index contributed by atoms with van der Waals surface area (Å²) in [5.74, 6) is -0.0464. The summed E-state index contributed by atoms with van der Waals surface area (Å²) >= 11 is 0. The first kappa shape index (κ1) is 11.5. The second-order valence-electron chi connectivity index (χ2n) is 3.65. The van der Waals surface area contributed by atoms with Crippen molar-refractivity contribution in [2.45, 2.75) is 20.8 Å². The predicted octanol–water partition coefficient (Wildman–Crippen LogP) is 1.40. The van der Waals surface area contributed by atoms with Crippen LogP contribution in [0.15, 0.2) is 16.8 Å². The number of aliphatic imine (C=N–C) groups is 1. The monoisotopic (exact) mass is 189 g/mol. The van der Waals surface area contributed by atoms with Crippen LogP contribution >= 0.6 is 0 Å². The van der Waals surface area contributed by atoms with Gasteiger partial charge in [0, 0.05) is 14.3 Å². The maximum atomic E-state index is 10.3. The van der Waals surface area contributed by atoms with E-state index in [-0.39, 0.29) is 14.4 Å². The third-order valence-corrected chi connectivity index (χ3v) is 1.29. The van der Waals surface area contributed by atoms with Crippen molar-refractivity contribution in [3.05, 3.63) is 11.8 Å². The Morgan fingerprint density at radius 3 is 2.23 bits per heavy atom. The van der Waals surface area contributed by atoms with Crippen molar-refractivity contribution in [2.24, 2.45) is 21.9 Å². The molecule has 13 heavy (non-hydrogen) atoms. The van der Waals surface area contributed by atoms with Crippen molar-refractivity contribution in [1.82, 2.24) is 0 Å². The van der Waals surface area contributed by atoms with E-state index in [1.165, 1.54) is 6.08 Å². The molecule has 0 bridgehead atoms. The highest BCUT2D eigenvalue weighted by atomic mass is 16.3. The van der Waals surface area contributed by atoms with Crippen LogP contribution in [0, 0.1) is 5.41 Å². The van der Waals surface area contributed by atoms with E-state index in [0.29, 0.717) is 0 Å². The predicted molar refractivity (Wildman–Crippen MR) is 55.6 cm³/mol. The Labute approximate surface area is 80.1 Å². The highest BCUT2D eigenvalue weighted by molar-refractivity contribution is 5.99. The molecule has 0 aromatic rings. The largest absolute Gasteiger partial charge is 0.512 e. The summed E-state index contributed by atoms with van der Waals surface area (Å²) in [5, 5.41) is 9.42. The zero-order valence-electron chi connectivity index (χ0n) is 8.03. The molecule has 5 nitrogen and oxygen atoms in total. The minimum Gasteiger partial charge on any atom is -0.512 e. The van der Waals surface area contributed by atoms with E-state index in [2.05, 4.69) is 4.99 Å². The molecular weight excluding hydrogens is 170 g/mol. The Bertz CT molecular complexity index is 270. The molecule has 0 unspecified atom stereocenters. The summed E-state index contributed by atoms with van der Waals surface area (Å²) < 4.78 is 0. The molecule has 0 saturated heterocycles. The fraction of sp³-hybridized carbons (Fsp3) is 0.500. The highest BCUT2D eigenvalue weighted by Crippen LogP contribution is 2.21. The number of urea groups is 1. The van der Waals surface area contributed by atoms with Crippen LogP contribution in [0.25, 0.3) is 0 Å². The number of allylic oxidation sites excluding steroid dienone is 1. The van der Waals surface area contributed by atoms with Crippen LogP contribution in [0.4, 0.5) is 4.79 Å². The van der Waals surface area contributed by atoms with Gasteiger partial charge in [-0.25, -0.2) is 4.79 Å². The molecule has 0 heterocycles. The molecular formula is C8H19N3O2. The Morgan fingerprint density at radius 2 is 1.92 bits per heavy atom. The molecule has 0 aromatic carbocycles. The zero-order chi connectivity index (χ0) is 10.6. The van der Waals surface area contributed by atoms with Crippen molar-refractivity contribution < 1.29 is 12.8 Å². The Balaban J connectivity index is -0.000000720. The fourth-order valence-corrected chi connectivity index (χ4v) is 0.516. The van der Waals surface area contributed by atoms with Crippen LogP contribution in [0.3, 0.4) is 0 Å². The van der Waals surface area contributed by atoms with Gasteiger partial charge >= 0.3 is 6.03 Å². The van der Waals surface area contributed by atoms with Crippen LogP contribution in [-0.4, -0.2) is 17.0 Å². The maximum Gasteiger partial charge on any atom is 0.340 e. The number of nitrogens with two attached hydrogens (primary N) is 2. The third kappa shape index (κ3) is 4.84. The minimum absolute atomic E-state index is 0. The van der Waals surface area contributed by atoms with E-state index in [1.807, 2.05) is 0 Å². The molecule has 0 fully saturated rings. The van der Waals surface area contributed by atoms with Crippen molar-refractivity contribution in [3.63, 3.8) is 0 Å². The standard InChI is InChI=1S/C8H15N3O2.2H2/c1-8(2,3)5(12)4-6(9)11-7(10)13;;/h4,12H,1-3H3,(H4,9,10,11,13);2*1H/b5-4-;;. The number of carbonyl (C=O) groups is 1. The number of aliphatic hydroxyl groups is 1. The van der Waals surface area contributed by atoms with Gasteiger partial charge in [0.05, 0.1) is 0 Å². The lowest BCUT2D eigenvalue weighted by Gasteiger charge is -2.16. The lowest BCUT2D eigenvalue weighted by atomic mass is 9.93. The van der Waals surface area contributed by atoms with E-state index >= 15 is 0 Å². The number of aliphatic hydroxyl groups excluding tert-OH is 1. The summed E-state index contributed by atoms with van der Waals surface area (Å²) in [7, 11) is 0. The van der Waals surface area contributed by atoms with E-state index in [1.54, 1.807) is 20.8 Å². The first-order valence-electron chi connectivity index (χ1n) is 3.78. The van der Waals surface area contributed by atoms with Gasteiger partial charge in [-0.3, -0.25) is 0 Å². The van der Waals surface area contributed by atoms with Gasteiger partial charge in [0.2, 0.25) is 0 Å². The Morgan fingerprint density at radius 1 is 1.46 bits per heavy atom. The van der Waals surface area contributed by atoms with E-state index < -0.39 is 11.4 Å². The molecule has 0 aromatic heterocycles. The fourth-order valence-electron chi connectivity index (χ4n) is 0.516. The molecule has 0 aliphatic carbocycles. The van der Waals surface area contributed by atoms with Crippen molar-refractivity contribution in [1.29, 1.82) is 0 Å². The molecule has 5 heteroatoms. The van der Waals surface area contributed by atoms with Gasteiger partial charge in [-0.1, -0.05) is 20.8 Å². The zero-order valence-corrected chi connectivity index (χ0v) is 8.03. The average Bonchev–Trinajstić information content (AvgIpc) is 1.82. The Kier molecular flexibility index (Phi) is 3.47. The van der Waals surface area contributed by atoms with E-state index in [4.69, 9.17) is 11.5 Å². The van der Waals surface area contributed by atoms with Gasteiger partial charge in [0.25, 0.3) is 0 Å². The number of hydrogen-bond acceptors (Lipinski definition) is 2. The summed E-state index contributed by atoms with van der Waals surface area (Å²) in [4.78, 5) is 13.5. The number of hydrogen-bond donors (Lipinski definition) is 3. The number of carbonyl (C=O) groups excluding carboxylic acids is 1. The normalized spacial score (nSPS) is 14.4. The van der Waals surface area contributed by atoms with Crippen LogP contribution in [-0.2, 0) is 0 Å². The molecule has 78 valence electrons. The molecule has 0 saturated carbocycles. The van der Waals surface area contributed by atoms with Crippen molar-refractivity contribution >= 4 is 11.9 Å². The van der Waals surface area contributed by atoms with Gasteiger partial charge < -0.3 is 16.6 Å². The molecule has 5 N–H and O–H groups in total. The number of primary amides is 1. The van der Waals surface area contributed by atoms with Gasteiger partial charge in [0.15, 0.2) is 0 Å². The first-order chi connectivity index (χ1) is 5.73. The maximum absolute atomic E-state index is 10.3. The summed E-state index contributed by atoms with van der Waals surface area (Å²) in [6.45, 7) is 5.41. The highest BCUT2D eigenvalue weighted by Gasteiger charge is 2.15. The van der Waals surface area contributed by atoms with Gasteiger partial charge in [-0.05, 0) is 0 Å². The van der Waals surface area contributed by atoms with Crippen LogP contribution in [0.2, 0.25) is 0 Å². The summed E-state index contributed by atoms with van der Waals surface area (Å²) in [6.07, 6.45) is 1.21. The molecule has 0 radical (unpaired) electrons. The average molecular weight is 189 g/mol. The van der Waals surface area contributed by atoms with Crippen molar-refractivity contribution in [2.75, 3.05) is 0 Å². The van der Waals surface area contributed by atoms with Gasteiger partial charge in [0.1, 0.15) is 11.6 Å².